The summed E-state index contributed by atoms with van der Waals surface area (Å²) in [6, 6.07) is 3.90. The minimum atomic E-state index is -0.766. The lowest BCUT2D eigenvalue weighted by molar-refractivity contribution is -0.136. The summed E-state index contributed by atoms with van der Waals surface area (Å²) in [5.41, 5.74) is 2.05. The predicted molar refractivity (Wildman–Crippen MR) is 55.9 cm³/mol. The van der Waals surface area contributed by atoms with Crippen molar-refractivity contribution in [2.45, 2.75) is 19.8 Å². The molecule has 1 N–H and O–H groups in total. The summed E-state index contributed by atoms with van der Waals surface area (Å²) >= 11 is 0. The van der Waals surface area contributed by atoms with Crippen LogP contribution in [-0.2, 0) is 11.2 Å². The summed E-state index contributed by atoms with van der Waals surface area (Å²) < 4.78 is 1.97. The molecule has 0 saturated carbocycles. The van der Waals surface area contributed by atoms with Gasteiger partial charge < -0.3 is 9.51 Å². The maximum atomic E-state index is 10.4. The number of aliphatic carboxylic acids is 1. The van der Waals surface area contributed by atoms with Crippen molar-refractivity contribution in [3.05, 3.63) is 35.9 Å². The number of nitrogens with zero attached hydrogens (tertiary/aromatic N) is 2. The largest absolute Gasteiger partial charge is 0.481 e. The van der Waals surface area contributed by atoms with E-state index in [0.29, 0.717) is 6.42 Å². The highest BCUT2D eigenvalue weighted by Crippen LogP contribution is 2.10. The van der Waals surface area contributed by atoms with Crippen molar-refractivity contribution in [1.82, 2.24) is 9.38 Å². The highest BCUT2D eigenvalue weighted by Gasteiger charge is 2.02. The molecule has 0 unspecified atom stereocenters. The molecule has 0 aliphatic rings. The lowest BCUT2D eigenvalue weighted by atomic mass is 10.1. The first-order valence-electron chi connectivity index (χ1n) is 4.81. The minimum absolute atomic E-state index is 0.166. The molecule has 4 nitrogen and oxygen atoms in total. The molecule has 0 aliphatic carbocycles. The Kier molecular flexibility index (Phi) is 2.41. The van der Waals surface area contributed by atoms with Gasteiger partial charge in [-0.25, -0.2) is 4.98 Å². The fourth-order valence-electron chi connectivity index (χ4n) is 1.56. The van der Waals surface area contributed by atoms with Crippen molar-refractivity contribution < 1.29 is 9.90 Å². The SMILES string of the molecule is Cc1ncc2ccc(CCC(=O)O)cn12. The molecular formula is C11H12N2O2. The zero-order valence-corrected chi connectivity index (χ0v) is 8.47. The van der Waals surface area contributed by atoms with Crippen molar-refractivity contribution in [3.8, 4) is 0 Å². The van der Waals surface area contributed by atoms with Crippen LogP contribution in [0.2, 0.25) is 0 Å². The molecular weight excluding hydrogens is 192 g/mol. The minimum Gasteiger partial charge on any atom is -0.481 e. The normalized spacial score (nSPS) is 10.7. The number of pyridine rings is 1. The van der Waals surface area contributed by atoms with E-state index in [2.05, 4.69) is 4.98 Å². The van der Waals surface area contributed by atoms with Gasteiger partial charge in [0.05, 0.1) is 11.7 Å². The first-order chi connectivity index (χ1) is 7.16. The highest BCUT2D eigenvalue weighted by atomic mass is 16.4. The zero-order valence-electron chi connectivity index (χ0n) is 8.47. The van der Waals surface area contributed by atoms with Crippen LogP contribution in [-0.4, -0.2) is 20.5 Å². The molecule has 0 radical (unpaired) electrons. The van der Waals surface area contributed by atoms with Crippen molar-refractivity contribution in [3.63, 3.8) is 0 Å². The number of carbonyl (C=O) groups is 1. The number of aromatic nitrogens is 2. The molecule has 2 rings (SSSR count). The smallest absolute Gasteiger partial charge is 0.303 e. The van der Waals surface area contributed by atoms with Gasteiger partial charge >= 0.3 is 5.97 Å². The summed E-state index contributed by atoms with van der Waals surface area (Å²) in [7, 11) is 0. The molecule has 0 aliphatic heterocycles. The van der Waals surface area contributed by atoms with Crippen LogP contribution in [0.1, 0.15) is 17.8 Å². The summed E-state index contributed by atoms with van der Waals surface area (Å²) in [5.74, 6) is 0.152. The van der Waals surface area contributed by atoms with E-state index in [4.69, 9.17) is 5.11 Å². The Balaban J connectivity index is 2.29. The van der Waals surface area contributed by atoms with Gasteiger partial charge in [-0.15, -0.1) is 0 Å². The third-order valence-corrected chi connectivity index (χ3v) is 2.40. The molecule has 0 amide bonds. The van der Waals surface area contributed by atoms with E-state index >= 15 is 0 Å². The standard InChI is InChI=1S/C11H12N2O2/c1-8-12-6-10-4-2-9(7-13(8)10)3-5-11(14)15/h2,4,6-7H,3,5H2,1H3,(H,14,15). The van der Waals surface area contributed by atoms with Crippen LogP contribution >= 0.6 is 0 Å². The van der Waals surface area contributed by atoms with Crippen molar-refractivity contribution >= 4 is 11.5 Å². The quantitative estimate of drug-likeness (QED) is 0.827. The Morgan fingerprint density at radius 1 is 1.53 bits per heavy atom. The van der Waals surface area contributed by atoms with Crippen LogP contribution < -0.4 is 0 Å². The summed E-state index contributed by atoms with van der Waals surface area (Å²) in [6.07, 6.45) is 4.47. The van der Waals surface area contributed by atoms with Crippen LogP contribution in [0.5, 0.6) is 0 Å². The number of carboxylic acid groups (broad SMARTS) is 1. The van der Waals surface area contributed by atoms with Crippen molar-refractivity contribution in [1.29, 1.82) is 0 Å². The van der Waals surface area contributed by atoms with E-state index in [1.165, 1.54) is 0 Å². The lowest BCUT2D eigenvalue weighted by Crippen LogP contribution is -1.99. The predicted octanol–water partition coefficient (Wildman–Crippen LogP) is 1.66. The Morgan fingerprint density at radius 3 is 3.07 bits per heavy atom. The van der Waals surface area contributed by atoms with Crippen molar-refractivity contribution in [2.24, 2.45) is 0 Å². The average Bonchev–Trinajstić information content (AvgIpc) is 2.57. The fraction of sp³-hybridized carbons (Fsp3) is 0.273. The molecule has 15 heavy (non-hydrogen) atoms. The Hall–Kier alpha value is -1.84. The molecule has 2 aromatic heterocycles. The van der Waals surface area contributed by atoms with Gasteiger partial charge in [0, 0.05) is 12.6 Å². The highest BCUT2D eigenvalue weighted by molar-refractivity contribution is 5.67. The summed E-state index contributed by atoms with van der Waals surface area (Å²) in [6.45, 7) is 1.92. The number of imidazole rings is 1. The first kappa shape index (κ1) is 9.71. The van der Waals surface area contributed by atoms with Crippen LogP contribution in [0.15, 0.2) is 24.5 Å². The maximum absolute atomic E-state index is 10.4. The van der Waals surface area contributed by atoms with E-state index < -0.39 is 5.97 Å². The number of hydrogen-bond acceptors (Lipinski definition) is 2. The molecule has 2 heterocycles. The summed E-state index contributed by atoms with van der Waals surface area (Å²) in [4.78, 5) is 14.6. The molecule has 0 atom stereocenters. The van der Waals surface area contributed by atoms with Crippen LogP contribution in [0.3, 0.4) is 0 Å². The lowest BCUT2D eigenvalue weighted by Gasteiger charge is -2.01. The average molecular weight is 204 g/mol. The van der Waals surface area contributed by atoms with Gasteiger partial charge in [0.15, 0.2) is 0 Å². The van der Waals surface area contributed by atoms with Crippen LogP contribution in [0.25, 0.3) is 5.52 Å². The molecule has 2 aromatic rings. The molecule has 0 fully saturated rings. The Bertz CT molecular complexity index is 502. The molecule has 0 spiro atoms. The Labute approximate surface area is 87.2 Å². The second-order valence-corrected chi connectivity index (χ2v) is 3.53. The van der Waals surface area contributed by atoms with Crippen LogP contribution in [0, 0.1) is 6.92 Å². The Morgan fingerprint density at radius 2 is 2.33 bits per heavy atom. The van der Waals surface area contributed by atoms with Gasteiger partial charge in [-0.05, 0) is 25.0 Å². The molecule has 0 bridgehead atoms. The molecule has 0 saturated heterocycles. The van der Waals surface area contributed by atoms with Crippen LogP contribution in [0.4, 0.5) is 0 Å². The number of hydrogen-bond donors (Lipinski definition) is 1. The van der Waals surface area contributed by atoms with E-state index in [-0.39, 0.29) is 6.42 Å². The van der Waals surface area contributed by atoms with Gasteiger partial charge in [-0.3, -0.25) is 4.79 Å². The number of fused-ring (bicyclic) bond motifs is 1. The maximum Gasteiger partial charge on any atom is 0.303 e. The van der Waals surface area contributed by atoms with Crippen molar-refractivity contribution in [2.75, 3.05) is 0 Å². The fourth-order valence-corrected chi connectivity index (χ4v) is 1.56. The number of rotatable bonds is 3. The molecule has 78 valence electrons. The second kappa shape index (κ2) is 3.73. The molecule has 4 heteroatoms. The topological polar surface area (TPSA) is 54.6 Å². The van der Waals surface area contributed by atoms with Gasteiger partial charge in [-0.2, -0.15) is 0 Å². The number of aryl methyl sites for hydroxylation is 2. The third kappa shape index (κ3) is 1.98. The van der Waals surface area contributed by atoms with E-state index in [9.17, 15) is 4.79 Å². The zero-order chi connectivity index (χ0) is 10.8. The van der Waals surface area contributed by atoms with E-state index in [1.54, 1.807) is 6.20 Å². The third-order valence-electron chi connectivity index (χ3n) is 2.40. The molecule has 0 aromatic carbocycles. The number of carboxylic acids is 1. The monoisotopic (exact) mass is 204 g/mol. The van der Waals surface area contributed by atoms with Gasteiger partial charge in [0.25, 0.3) is 0 Å². The van der Waals surface area contributed by atoms with Gasteiger partial charge in [0.2, 0.25) is 0 Å². The summed E-state index contributed by atoms with van der Waals surface area (Å²) in [5, 5.41) is 8.58. The van der Waals surface area contributed by atoms with E-state index in [1.807, 2.05) is 29.7 Å². The first-order valence-corrected chi connectivity index (χ1v) is 4.81. The van der Waals surface area contributed by atoms with Gasteiger partial charge in [0.1, 0.15) is 5.82 Å². The van der Waals surface area contributed by atoms with E-state index in [0.717, 1.165) is 16.9 Å². The van der Waals surface area contributed by atoms with Gasteiger partial charge in [-0.1, -0.05) is 6.07 Å². The second-order valence-electron chi connectivity index (χ2n) is 3.53.